The standard InChI is InChI=1S/C12H13IN4/c1-3-9-10(13)11(14)17-12(16-9)8-6-15-5-4-7(8)2/h4-6H,3H2,1-2H3,(H2,14,16,17). The first kappa shape index (κ1) is 12.2. The fourth-order valence-electron chi connectivity index (χ4n) is 1.57. The highest BCUT2D eigenvalue weighted by molar-refractivity contribution is 14.1. The molecule has 2 rings (SSSR count). The molecular formula is C12H13IN4. The van der Waals surface area contributed by atoms with Crippen LogP contribution in [0.4, 0.5) is 5.82 Å². The molecule has 17 heavy (non-hydrogen) atoms. The molecule has 0 aromatic carbocycles. The van der Waals surface area contributed by atoms with E-state index in [2.05, 4.69) is 44.5 Å². The molecule has 0 saturated heterocycles. The Morgan fingerprint density at radius 3 is 2.76 bits per heavy atom. The van der Waals surface area contributed by atoms with E-state index in [1.54, 1.807) is 12.4 Å². The summed E-state index contributed by atoms with van der Waals surface area (Å²) in [5.41, 5.74) is 8.92. The molecule has 0 aliphatic carbocycles. The molecule has 88 valence electrons. The van der Waals surface area contributed by atoms with Crippen LogP contribution in [0.3, 0.4) is 0 Å². The van der Waals surface area contributed by atoms with Crippen molar-refractivity contribution in [2.45, 2.75) is 20.3 Å². The molecule has 0 unspecified atom stereocenters. The predicted octanol–water partition coefficient (Wildman–Crippen LogP) is 2.60. The predicted molar refractivity (Wildman–Crippen MR) is 76.5 cm³/mol. The van der Waals surface area contributed by atoms with Crippen molar-refractivity contribution in [3.05, 3.63) is 33.3 Å². The van der Waals surface area contributed by atoms with Crippen LogP contribution >= 0.6 is 22.6 Å². The van der Waals surface area contributed by atoms with Crippen molar-refractivity contribution in [1.82, 2.24) is 15.0 Å². The van der Waals surface area contributed by atoms with Crippen molar-refractivity contribution >= 4 is 28.4 Å². The topological polar surface area (TPSA) is 64.7 Å². The third-order valence-corrected chi connectivity index (χ3v) is 3.74. The van der Waals surface area contributed by atoms with Gasteiger partial charge in [0, 0.05) is 18.0 Å². The van der Waals surface area contributed by atoms with E-state index in [9.17, 15) is 0 Å². The summed E-state index contributed by atoms with van der Waals surface area (Å²) in [6, 6.07) is 1.94. The first-order valence-corrected chi connectivity index (χ1v) is 6.44. The number of nitrogens with zero attached hydrogens (tertiary/aromatic N) is 3. The van der Waals surface area contributed by atoms with Gasteiger partial charge in [0.05, 0.1) is 9.26 Å². The zero-order valence-electron chi connectivity index (χ0n) is 9.74. The van der Waals surface area contributed by atoms with Crippen molar-refractivity contribution in [1.29, 1.82) is 0 Å². The summed E-state index contributed by atoms with van der Waals surface area (Å²) >= 11 is 2.18. The Bertz CT molecular complexity index is 554. The second-order valence-electron chi connectivity index (χ2n) is 3.74. The van der Waals surface area contributed by atoms with Gasteiger partial charge in [-0.1, -0.05) is 6.92 Å². The summed E-state index contributed by atoms with van der Waals surface area (Å²) in [4.78, 5) is 13.0. The highest BCUT2D eigenvalue weighted by Crippen LogP contribution is 2.23. The third kappa shape index (κ3) is 2.38. The van der Waals surface area contributed by atoms with Crippen molar-refractivity contribution in [3.8, 4) is 11.4 Å². The van der Waals surface area contributed by atoms with Gasteiger partial charge in [-0.25, -0.2) is 9.97 Å². The van der Waals surface area contributed by atoms with Crippen LogP contribution in [0.15, 0.2) is 18.5 Å². The van der Waals surface area contributed by atoms with Crippen LogP contribution in [0.25, 0.3) is 11.4 Å². The molecular weight excluding hydrogens is 327 g/mol. The Kier molecular flexibility index (Phi) is 3.56. The number of rotatable bonds is 2. The summed E-state index contributed by atoms with van der Waals surface area (Å²) in [6.07, 6.45) is 4.38. The molecule has 0 saturated carbocycles. The lowest BCUT2D eigenvalue weighted by atomic mass is 10.1. The molecule has 0 aliphatic rings. The quantitative estimate of drug-likeness (QED) is 0.854. The van der Waals surface area contributed by atoms with Gasteiger partial charge in [0.15, 0.2) is 5.82 Å². The normalized spacial score (nSPS) is 10.5. The minimum absolute atomic E-state index is 0.538. The second kappa shape index (κ2) is 4.95. The molecule has 0 atom stereocenters. The average Bonchev–Trinajstić information content (AvgIpc) is 2.33. The summed E-state index contributed by atoms with van der Waals surface area (Å²) in [5.74, 6) is 1.20. The van der Waals surface area contributed by atoms with Gasteiger partial charge in [-0.15, -0.1) is 0 Å². The number of aromatic nitrogens is 3. The zero-order valence-corrected chi connectivity index (χ0v) is 11.9. The first-order valence-electron chi connectivity index (χ1n) is 5.36. The van der Waals surface area contributed by atoms with E-state index >= 15 is 0 Å². The molecule has 2 heterocycles. The summed E-state index contributed by atoms with van der Waals surface area (Å²) in [7, 11) is 0. The largest absolute Gasteiger partial charge is 0.383 e. The number of halogens is 1. The first-order chi connectivity index (χ1) is 8.13. The molecule has 2 N–H and O–H groups in total. The van der Waals surface area contributed by atoms with Crippen LogP contribution in [-0.4, -0.2) is 15.0 Å². The van der Waals surface area contributed by atoms with E-state index < -0.39 is 0 Å². The summed E-state index contributed by atoms with van der Waals surface area (Å²) in [6.45, 7) is 4.07. The molecule has 0 fully saturated rings. The maximum absolute atomic E-state index is 5.91. The molecule has 0 bridgehead atoms. The van der Waals surface area contributed by atoms with Gasteiger partial charge >= 0.3 is 0 Å². The SMILES string of the molecule is CCc1nc(-c2cnccc2C)nc(N)c1I. The Balaban J connectivity index is 2.61. The summed E-state index contributed by atoms with van der Waals surface area (Å²) < 4.78 is 0.940. The summed E-state index contributed by atoms with van der Waals surface area (Å²) in [5, 5.41) is 0. The minimum Gasteiger partial charge on any atom is -0.383 e. The van der Waals surface area contributed by atoms with Crippen molar-refractivity contribution in [3.63, 3.8) is 0 Å². The van der Waals surface area contributed by atoms with Crippen molar-refractivity contribution < 1.29 is 0 Å². The van der Waals surface area contributed by atoms with E-state index in [1.807, 2.05) is 13.0 Å². The Hall–Kier alpha value is -1.24. The smallest absolute Gasteiger partial charge is 0.163 e. The molecule has 4 nitrogen and oxygen atoms in total. The van der Waals surface area contributed by atoms with Gasteiger partial charge in [0.2, 0.25) is 0 Å². The van der Waals surface area contributed by atoms with Crippen LogP contribution < -0.4 is 5.73 Å². The minimum atomic E-state index is 0.538. The van der Waals surface area contributed by atoms with Gasteiger partial charge in [-0.3, -0.25) is 4.98 Å². The Labute approximate surface area is 114 Å². The maximum atomic E-state index is 5.91. The van der Waals surface area contributed by atoms with Gasteiger partial charge in [-0.2, -0.15) is 0 Å². The van der Waals surface area contributed by atoms with E-state index in [0.717, 1.165) is 26.8 Å². The Morgan fingerprint density at radius 2 is 2.12 bits per heavy atom. The number of pyridine rings is 1. The number of nitrogen functional groups attached to an aromatic ring is 1. The van der Waals surface area contributed by atoms with Gasteiger partial charge in [0.1, 0.15) is 5.82 Å². The van der Waals surface area contributed by atoms with Gasteiger partial charge in [0.25, 0.3) is 0 Å². The van der Waals surface area contributed by atoms with E-state index in [-0.39, 0.29) is 0 Å². The molecule has 2 aromatic rings. The number of hydrogen-bond donors (Lipinski definition) is 1. The highest BCUT2D eigenvalue weighted by atomic mass is 127. The van der Waals surface area contributed by atoms with Gasteiger partial charge < -0.3 is 5.73 Å². The number of anilines is 1. The molecule has 5 heteroatoms. The molecule has 0 radical (unpaired) electrons. The second-order valence-corrected chi connectivity index (χ2v) is 4.82. The maximum Gasteiger partial charge on any atom is 0.163 e. The highest BCUT2D eigenvalue weighted by Gasteiger charge is 2.11. The van der Waals surface area contributed by atoms with Crippen LogP contribution in [-0.2, 0) is 6.42 Å². The fourth-order valence-corrected chi connectivity index (χ4v) is 2.19. The van der Waals surface area contributed by atoms with Crippen LogP contribution in [0.5, 0.6) is 0 Å². The van der Waals surface area contributed by atoms with E-state index in [1.165, 1.54) is 0 Å². The fraction of sp³-hybridized carbons (Fsp3) is 0.250. The van der Waals surface area contributed by atoms with Crippen molar-refractivity contribution in [2.24, 2.45) is 0 Å². The van der Waals surface area contributed by atoms with Crippen molar-refractivity contribution in [2.75, 3.05) is 5.73 Å². The van der Waals surface area contributed by atoms with E-state index in [4.69, 9.17) is 5.73 Å². The van der Waals surface area contributed by atoms with E-state index in [0.29, 0.717) is 11.6 Å². The lowest BCUT2D eigenvalue weighted by Crippen LogP contribution is -2.05. The number of hydrogen-bond acceptors (Lipinski definition) is 4. The number of nitrogens with two attached hydrogens (primary N) is 1. The molecule has 0 spiro atoms. The molecule has 0 aliphatic heterocycles. The monoisotopic (exact) mass is 340 g/mol. The Morgan fingerprint density at radius 1 is 1.35 bits per heavy atom. The lowest BCUT2D eigenvalue weighted by Gasteiger charge is -2.08. The van der Waals surface area contributed by atoms with Crippen LogP contribution in [0.1, 0.15) is 18.2 Å². The van der Waals surface area contributed by atoms with Gasteiger partial charge in [-0.05, 0) is 47.6 Å². The average molecular weight is 340 g/mol. The number of aryl methyl sites for hydroxylation is 2. The molecule has 2 aromatic heterocycles. The zero-order chi connectivity index (χ0) is 12.4. The lowest BCUT2D eigenvalue weighted by molar-refractivity contribution is 0.991. The third-order valence-electron chi connectivity index (χ3n) is 2.56. The molecule has 0 amide bonds. The van der Waals surface area contributed by atoms with Crippen LogP contribution in [0.2, 0.25) is 0 Å². The van der Waals surface area contributed by atoms with Crippen LogP contribution in [0, 0.1) is 10.5 Å².